The molecular weight excluding hydrogens is 297 g/mol. The number of aromatic nitrogens is 2. The van der Waals surface area contributed by atoms with Crippen molar-refractivity contribution in [1.82, 2.24) is 9.97 Å². The molecule has 0 saturated heterocycles. The van der Waals surface area contributed by atoms with Crippen molar-refractivity contribution in [2.45, 2.75) is 20.0 Å². The number of nitrogens with zero attached hydrogens (tertiary/aromatic N) is 2. The molecule has 2 heterocycles. The Kier molecular flexibility index (Phi) is 3.91. The summed E-state index contributed by atoms with van der Waals surface area (Å²) in [5.41, 5.74) is 1.67. The van der Waals surface area contributed by atoms with Gasteiger partial charge in [0.15, 0.2) is 0 Å². The third-order valence-electron chi connectivity index (χ3n) is 2.44. The largest absolute Gasteiger partial charge is 0.325 e. The molecule has 0 aliphatic carbocycles. The van der Waals surface area contributed by atoms with Crippen molar-refractivity contribution in [2.24, 2.45) is 0 Å². The molecule has 1 unspecified atom stereocenters. The highest BCUT2D eigenvalue weighted by Gasteiger charge is 2.05. The number of pyridine rings is 2. The molecule has 0 spiro atoms. The van der Waals surface area contributed by atoms with E-state index in [1.165, 1.54) is 6.92 Å². The van der Waals surface area contributed by atoms with Gasteiger partial charge in [-0.1, -0.05) is 0 Å². The average molecular weight is 310 g/mol. The number of nitrogens with one attached hydrogen (secondary N) is 1. The van der Waals surface area contributed by atoms with Crippen LogP contribution in [-0.4, -0.2) is 9.97 Å². The second-order valence-corrected chi connectivity index (χ2v) is 4.88. The molecule has 0 saturated carbocycles. The van der Waals surface area contributed by atoms with Gasteiger partial charge in [-0.15, -0.1) is 0 Å². The van der Waals surface area contributed by atoms with Crippen LogP contribution in [0, 0.1) is 6.92 Å². The molecule has 0 amide bonds. The molecule has 1 atom stereocenters. The molecule has 0 bridgehead atoms. The molecule has 5 heteroatoms. The standard InChI is InChI=1S/C13H13BrFN3/c1-8-5-11(14)17-13(6-8)18-12-7-10(9(2)15)3-4-16-12/h3-7,9H,1-2H3,(H,16,17,18). The molecule has 2 rings (SSSR count). The Labute approximate surface area is 114 Å². The summed E-state index contributed by atoms with van der Waals surface area (Å²) in [5.74, 6) is 1.26. The Balaban J connectivity index is 2.25. The number of hydrogen-bond acceptors (Lipinski definition) is 3. The van der Waals surface area contributed by atoms with Crippen LogP contribution in [0.15, 0.2) is 35.1 Å². The molecular formula is C13H13BrFN3. The Bertz CT molecular complexity index is 537. The number of rotatable bonds is 3. The smallest absolute Gasteiger partial charge is 0.133 e. The fourth-order valence-electron chi connectivity index (χ4n) is 1.58. The second-order valence-electron chi connectivity index (χ2n) is 4.07. The van der Waals surface area contributed by atoms with E-state index in [4.69, 9.17) is 0 Å². The van der Waals surface area contributed by atoms with Gasteiger partial charge in [-0.3, -0.25) is 0 Å². The molecule has 2 aromatic rings. The summed E-state index contributed by atoms with van der Waals surface area (Å²) in [6.07, 6.45) is 0.573. The lowest BCUT2D eigenvalue weighted by atomic mass is 10.2. The van der Waals surface area contributed by atoms with E-state index in [9.17, 15) is 4.39 Å². The van der Waals surface area contributed by atoms with Crippen molar-refractivity contribution < 1.29 is 4.39 Å². The minimum Gasteiger partial charge on any atom is -0.325 e. The van der Waals surface area contributed by atoms with Crippen LogP contribution in [0.2, 0.25) is 0 Å². The highest BCUT2D eigenvalue weighted by Crippen LogP contribution is 2.21. The summed E-state index contributed by atoms with van der Waals surface area (Å²) in [7, 11) is 0. The van der Waals surface area contributed by atoms with E-state index in [1.54, 1.807) is 18.3 Å². The number of alkyl halides is 1. The number of aryl methyl sites for hydroxylation is 1. The van der Waals surface area contributed by atoms with Crippen LogP contribution in [0.3, 0.4) is 0 Å². The van der Waals surface area contributed by atoms with Gasteiger partial charge in [-0.25, -0.2) is 14.4 Å². The summed E-state index contributed by atoms with van der Waals surface area (Å²) in [6.45, 7) is 3.48. The summed E-state index contributed by atoms with van der Waals surface area (Å²) in [5, 5.41) is 3.06. The van der Waals surface area contributed by atoms with Crippen molar-refractivity contribution in [1.29, 1.82) is 0 Å². The van der Waals surface area contributed by atoms with Crippen LogP contribution < -0.4 is 5.32 Å². The number of halogens is 2. The van der Waals surface area contributed by atoms with Crippen molar-refractivity contribution >= 4 is 27.6 Å². The number of anilines is 2. The van der Waals surface area contributed by atoms with Crippen LogP contribution in [0.5, 0.6) is 0 Å². The molecule has 0 aromatic carbocycles. The van der Waals surface area contributed by atoms with Crippen molar-refractivity contribution in [3.63, 3.8) is 0 Å². The minimum absolute atomic E-state index is 0.585. The Morgan fingerprint density at radius 3 is 2.72 bits per heavy atom. The zero-order chi connectivity index (χ0) is 13.1. The first-order valence-corrected chi connectivity index (χ1v) is 6.35. The number of hydrogen-bond donors (Lipinski definition) is 1. The lowest BCUT2D eigenvalue weighted by molar-refractivity contribution is 0.374. The predicted molar refractivity (Wildman–Crippen MR) is 73.7 cm³/mol. The molecule has 0 aliphatic rings. The van der Waals surface area contributed by atoms with Gasteiger partial charge in [0.2, 0.25) is 0 Å². The molecule has 1 N–H and O–H groups in total. The maximum atomic E-state index is 13.2. The van der Waals surface area contributed by atoms with Gasteiger partial charge in [0, 0.05) is 6.20 Å². The van der Waals surface area contributed by atoms with Crippen molar-refractivity contribution in [3.05, 3.63) is 46.2 Å². The molecule has 18 heavy (non-hydrogen) atoms. The van der Waals surface area contributed by atoms with Gasteiger partial charge in [0.1, 0.15) is 22.4 Å². The molecule has 0 aliphatic heterocycles. The zero-order valence-corrected chi connectivity index (χ0v) is 11.7. The molecule has 0 radical (unpaired) electrons. The van der Waals surface area contributed by atoms with Gasteiger partial charge in [-0.2, -0.15) is 0 Å². The van der Waals surface area contributed by atoms with Crippen LogP contribution in [0.1, 0.15) is 24.2 Å². The highest BCUT2D eigenvalue weighted by molar-refractivity contribution is 9.10. The van der Waals surface area contributed by atoms with Crippen LogP contribution >= 0.6 is 15.9 Å². The van der Waals surface area contributed by atoms with E-state index in [2.05, 4.69) is 31.2 Å². The first-order chi connectivity index (χ1) is 8.54. The van der Waals surface area contributed by atoms with E-state index in [1.807, 2.05) is 19.1 Å². The summed E-state index contributed by atoms with van der Waals surface area (Å²) < 4.78 is 14.0. The van der Waals surface area contributed by atoms with Gasteiger partial charge >= 0.3 is 0 Å². The van der Waals surface area contributed by atoms with Crippen LogP contribution in [0.4, 0.5) is 16.0 Å². The van der Waals surface area contributed by atoms with Crippen LogP contribution in [0.25, 0.3) is 0 Å². The lowest BCUT2D eigenvalue weighted by Gasteiger charge is -2.08. The topological polar surface area (TPSA) is 37.8 Å². The quantitative estimate of drug-likeness (QED) is 0.858. The van der Waals surface area contributed by atoms with E-state index >= 15 is 0 Å². The molecule has 2 aromatic heterocycles. The maximum Gasteiger partial charge on any atom is 0.133 e. The fourth-order valence-corrected chi connectivity index (χ4v) is 2.13. The predicted octanol–water partition coefficient (Wildman–Crippen LogP) is 4.32. The van der Waals surface area contributed by atoms with E-state index in [0.717, 1.165) is 10.2 Å². The fraction of sp³-hybridized carbons (Fsp3) is 0.231. The normalized spacial score (nSPS) is 12.2. The van der Waals surface area contributed by atoms with Crippen molar-refractivity contribution in [2.75, 3.05) is 5.32 Å². The first-order valence-electron chi connectivity index (χ1n) is 5.56. The van der Waals surface area contributed by atoms with Crippen LogP contribution in [-0.2, 0) is 0 Å². The monoisotopic (exact) mass is 309 g/mol. The Hall–Kier alpha value is -1.49. The second kappa shape index (κ2) is 5.44. The first kappa shape index (κ1) is 13.0. The van der Waals surface area contributed by atoms with Gasteiger partial charge in [0.05, 0.1) is 0 Å². The van der Waals surface area contributed by atoms with Crippen molar-refractivity contribution in [3.8, 4) is 0 Å². The summed E-state index contributed by atoms with van der Waals surface area (Å²) >= 11 is 3.33. The molecule has 94 valence electrons. The summed E-state index contributed by atoms with van der Waals surface area (Å²) in [6, 6.07) is 7.16. The van der Waals surface area contributed by atoms with Gasteiger partial charge in [-0.05, 0) is 65.2 Å². The minimum atomic E-state index is -1.01. The Morgan fingerprint density at radius 2 is 2.06 bits per heavy atom. The highest BCUT2D eigenvalue weighted by atomic mass is 79.9. The lowest BCUT2D eigenvalue weighted by Crippen LogP contribution is -1.98. The summed E-state index contributed by atoms with van der Waals surface area (Å²) in [4.78, 5) is 8.42. The van der Waals surface area contributed by atoms with E-state index in [-0.39, 0.29) is 0 Å². The van der Waals surface area contributed by atoms with Gasteiger partial charge in [0.25, 0.3) is 0 Å². The third kappa shape index (κ3) is 3.26. The average Bonchev–Trinajstić information content (AvgIpc) is 2.27. The molecule has 3 nitrogen and oxygen atoms in total. The zero-order valence-electron chi connectivity index (χ0n) is 10.1. The SMILES string of the molecule is Cc1cc(Br)nc(Nc2cc(C(C)F)ccn2)c1. The van der Waals surface area contributed by atoms with E-state index < -0.39 is 6.17 Å². The third-order valence-corrected chi connectivity index (χ3v) is 2.84. The molecule has 0 fully saturated rings. The van der Waals surface area contributed by atoms with Gasteiger partial charge < -0.3 is 5.32 Å². The maximum absolute atomic E-state index is 13.2. The Morgan fingerprint density at radius 1 is 1.28 bits per heavy atom. The van der Waals surface area contributed by atoms with E-state index in [0.29, 0.717) is 17.2 Å².